The first-order chi connectivity index (χ1) is 15.3. The first-order valence-corrected chi connectivity index (χ1v) is 12.4. The lowest BCUT2D eigenvalue weighted by atomic mass is 10.1. The van der Waals surface area contributed by atoms with E-state index in [-0.39, 0.29) is 29.4 Å². The van der Waals surface area contributed by atoms with Gasteiger partial charge in [0.1, 0.15) is 6.54 Å². The molecule has 4 heteroatoms. The third-order valence-corrected chi connectivity index (χ3v) is 6.09. The van der Waals surface area contributed by atoms with E-state index in [1.54, 1.807) is 0 Å². The zero-order valence-electron chi connectivity index (χ0n) is 20.1. The molecule has 180 valence electrons. The molecule has 0 amide bonds. The number of aromatic nitrogens is 2. The Bertz CT molecular complexity index is 851. The Kier molecular flexibility index (Phi) is 15.7. The van der Waals surface area contributed by atoms with Gasteiger partial charge in [-0.05, 0) is 17.5 Å². The molecule has 0 aliphatic carbocycles. The predicted octanol–water partition coefficient (Wildman–Crippen LogP) is 0.906. The minimum absolute atomic E-state index is 0. The molecule has 0 radical (unpaired) electrons. The van der Waals surface area contributed by atoms with Gasteiger partial charge in [0.2, 0.25) is 0 Å². The lowest BCUT2D eigenvalue weighted by Gasteiger charge is -2.03. The molecule has 0 saturated carbocycles. The molecule has 33 heavy (non-hydrogen) atoms. The van der Waals surface area contributed by atoms with Crippen LogP contribution in [0.5, 0.6) is 0 Å². The van der Waals surface area contributed by atoms with Crippen molar-refractivity contribution in [3.8, 4) is 11.1 Å². The van der Waals surface area contributed by atoms with Gasteiger partial charge in [0, 0.05) is 36.2 Å². The van der Waals surface area contributed by atoms with Crippen LogP contribution < -0.4 is 38.5 Å². The average molecular weight is 532 g/mol. The van der Waals surface area contributed by atoms with Crippen molar-refractivity contribution in [3.63, 3.8) is 0 Å². The third kappa shape index (κ3) is 11.3. The van der Waals surface area contributed by atoms with Gasteiger partial charge in [-0.1, -0.05) is 88.6 Å². The highest BCUT2D eigenvalue weighted by atomic mass is 79.9. The van der Waals surface area contributed by atoms with E-state index in [2.05, 4.69) is 95.4 Å². The Balaban J connectivity index is 0.00000272. The number of aryl methyl sites for hydroxylation is 1. The van der Waals surface area contributed by atoms with E-state index >= 15 is 0 Å². The number of rotatable bonds is 14. The zero-order valence-corrected chi connectivity index (χ0v) is 22.5. The molecule has 2 heterocycles. The van der Waals surface area contributed by atoms with Gasteiger partial charge < -0.3 is 29.4 Å². The summed E-state index contributed by atoms with van der Waals surface area (Å²) in [5, 5.41) is 0. The van der Waals surface area contributed by atoms with E-state index in [4.69, 9.17) is 0 Å². The predicted molar refractivity (Wildman–Crippen MR) is 130 cm³/mol. The van der Waals surface area contributed by atoms with Gasteiger partial charge in [-0.2, -0.15) is 0 Å². The summed E-state index contributed by atoms with van der Waals surface area (Å²) in [7, 11) is 0. The summed E-state index contributed by atoms with van der Waals surface area (Å²) in [6.07, 6.45) is 22.7. The van der Waals surface area contributed by atoms with Crippen LogP contribution >= 0.6 is 0 Å². The minimum Gasteiger partial charge on any atom is -1.00 e. The number of hydrogen-bond donors (Lipinski definition) is 0. The number of hydrogen-bond acceptors (Lipinski definition) is 0. The zero-order chi connectivity index (χ0) is 21.6. The summed E-state index contributed by atoms with van der Waals surface area (Å²) >= 11 is 0. The Morgan fingerprint density at radius 1 is 0.545 bits per heavy atom. The van der Waals surface area contributed by atoms with E-state index in [0.29, 0.717) is 0 Å². The summed E-state index contributed by atoms with van der Waals surface area (Å²) in [6, 6.07) is 19.5. The monoisotopic (exact) mass is 530 g/mol. The van der Waals surface area contributed by atoms with E-state index in [1.807, 2.05) is 0 Å². The maximum atomic E-state index is 2.33. The molecule has 3 rings (SSSR count). The normalized spacial score (nSPS) is 10.3. The lowest BCUT2D eigenvalue weighted by Crippen LogP contribution is -3.00. The maximum Gasteiger partial charge on any atom is 0.173 e. The highest BCUT2D eigenvalue weighted by Gasteiger charge is 2.06. The van der Waals surface area contributed by atoms with Crippen LogP contribution in [-0.4, -0.2) is 0 Å². The summed E-state index contributed by atoms with van der Waals surface area (Å²) in [5.74, 6) is 0. The summed E-state index contributed by atoms with van der Waals surface area (Å²) in [4.78, 5) is 0. The van der Waals surface area contributed by atoms with Crippen LogP contribution in [-0.2, 0) is 13.1 Å². The van der Waals surface area contributed by atoms with E-state index in [0.717, 1.165) is 13.1 Å². The molecule has 0 saturated heterocycles. The van der Waals surface area contributed by atoms with Crippen molar-refractivity contribution in [2.45, 2.75) is 84.2 Å². The second kappa shape index (κ2) is 17.7. The second-order valence-corrected chi connectivity index (χ2v) is 8.75. The van der Waals surface area contributed by atoms with E-state index in [9.17, 15) is 0 Å². The first kappa shape index (κ1) is 29.3. The van der Waals surface area contributed by atoms with Crippen LogP contribution in [0.4, 0.5) is 0 Å². The maximum absolute atomic E-state index is 2.33. The van der Waals surface area contributed by atoms with Gasteiger partial charge >= 0.3 is 0 Å². The molecular weight excluding hydrogens is 492 g/mol. The van der Waals surface area contributed by atoms with Gasteiger partial charge in [0.05, 0.1) is 0 Å². The van der Waals surface area contributed by atoms with Crippen LogP contribution in [0.15, 0.2) is 79.4 Å². The van der Waals surface area contributed by atoms with E-state index < -0.39 is 0 Å². The van der Waals surface area contributed by atoms with Crippen LogP contribution in [0, 0.1) is 0 Å². The molecule has 0 fully saturated rings. The topological polar surface area (TPSA) is 7.76 Å². The first-order valence-electron chi connectivity index (χ1n) is 12.4. The van der Waals surface area contributed by atoms with Gasteiger partial charge in [-0.25, -0.2) is 9.13 Å². The smallest absolute Gasteiger partial charge is 0.173 e. The fourth-order valence-electron chi connectivity index (χ4n) is 4.13. The average Bonchev–Trinajstić information content (AvgIpc) is 2.82. The number of pyridine rings is 2. The van der Waals surface area contributed by atoms with Crippen molar-refractivity contribution in [2.75, 3.05) is 0 Å². The SMILES string of the molecule is CCCCCCCCCCCC[n+]1ccc(-c2cc[n+](Cc3ccccc3)cc2)cc1.[Br-].[Cl-]. The summed E-state index contributed by atoms with van der Waals surface area (Å²) < 4.78 is 4.56. The quantitative estimate of drug-likeness (QED) is 0.216. The fourth-order valence-corrected chi connectivity index (χ4v) is 4.13. The van der Waals surface area contributed by atoms with Crippen LogP contribution in [0.2, 0.25) is 0 Å². The molecule has 2 nitrogen and oxygen atoms in total. The molecule has 1 aromatic carbocycles. The Morgan fingerprint density at radius 2 is 1.00 bits per heavy atom. The van der Waals surface area contributed by atoms with Gasteiger partial charge in [-0.15, -0.1) is 0 Å². The molecule has 0 aliphatic rings. The molecule has 0 bridgehead atoms. The molecule has 2 aromatic heterocycles. The second-order valence-electron chi connectivity index (χ2n) is 8.75. The van der Waals surface area contributed by atoms with Gasteiger partial charge in [0.25, 0.3) is 0 Å². The number of unbranched alkanes of at least 4 members (excludes halogenated alkanes) is 9. The fraction of sp³-hybridized carbons (Fsp3) is 0.448. The minimum atomic E-state index is 0. The number of benzene rings is 1. The Morgan fingerprint density at radius 3 is 1.52 bits per heavy atom. The number of nitrogens with zero attached hydrogens (tertiary/aromatic N) is 2. The molecule has 0 unspecified atom stereocenters. The van der Waals surface area contributed by atoms with Gasteiger partial charge in [0.15, 0.2) is 31.3 Å². The van der Waals surface area contributed by atoms with E-state index in [1.165, 1.54) is 80.9 Å². The molecular formula is C29H40BrClN2. The highest BCUT2D eigenvalue weighted by Crippen LogP contribution is 2.16. The summed E-state index contributed by atoms with van der Waals surface area (Å²) in [5.41, 5.74) is 3.88. The van der Waals surface area contributed by atoms with Crippen LogP contribution in [0.1, 0.15) is 76.7 Å². The number of halogens is 2. The van der Waals surface area contributed by atoms with Gasteiger partial charge in [-0.3, -0.25) is 0 Å². The van der Waals surface area contributed by atoms with Crippen LogP contribution in [0.25, 0.3) is 11.1 Å². The van der Waals surface area contributed by atoms with Crippen molar-refractivity contribution in [3.05, 3.63) is 84.9 Å². The largest absolute Gasteiger partial charge is 1.00 e. The standard InChI is InChI=1S/C29H40N2.BrH.ClH/c1-2-3-4-5-6-7-8-9-10-14-21-30-22-17-28(18-23-30)29-19-24-31(25-20-29)26-27-15-12-11-13-16-27;;/h11-13,15-20,22-25H,2-10,14,21,26H2,1H3;2*1H/q+2;;/p-2. The molecule has 0 N–H and O–H groups in total. The summed E-state index contributed by atoms with van der Waals surface area (Å²) in [6.45, 7) is 4.33. The highest BCUT2D eigenvalue weighted by molar-refractivity contribution is 5.60. The molecule has 0 atom stereocenters. The van der Waals surface area contributed by atoms with Crippen molar-refractivity contribution in [1.82, 2.24) is 0 Å². The molecule has 0 aliphatic heterocycles. The van der Waals surface area contributed by atoms with Crippen molar-refractivity contribution in [1.29, 1.82) is 0 Å². The Labute approximate surface area is 218 Å². The molecule has 0 spiro atoms. The van der Waals surface area contributed by atoms with Crippen LogP contribution in [0.3, 0.4) is 0 Å². The lowest BCUT2D eigenvalue weighted by molar-refractivity contribution is -0.697. The van der Waals surface area contributed by atoms with Crippen molar-refractivity contribution >= 4 is 0 Å². The Hall–Kier alpha value is -1.71. The van der Waals surface area contributed by atoms with Crippen molar-refractivity contribution < 1.29 is 38.5 Å². The third-order valence-electron chi connectivity index (χ3n) is 6.09. The van der Waals surface area contributed by atoms with Crippen molar-refractivity contribution in [2.24, 2.45) is 0 Å². The molecule has 3 aromatic rings.